The van der Waals surface area contributed by atoms with Crippen molar-refractivity contribution in [3.8, 4) is 11.5 Å². The molecule has 0 saturated heterocycles. The number of carbonyl (C=O) groups is 1. The number of rotatable bonds is 9. The fourth-order valence-electron chi connectivity index (χ4n) is 3.20. The van der Waals surface area contributed by atoms with Gasteiger partial charge in [-0.1, -0.05) is 72.4 Å². The van der Waals surface area contributed by atoms with Crippen molar-refractivity contribution in [2.24, 2.45) is 0 Å². The monoisotopic (exact) mass is 447 g/mol. The maximum atomic E-state index is 13.1. The van der Waals surface area contributed by atoms with E-state index < -0.39 is 0 Å². The van der Waals surface area contributed by atoms with Crippen molar-refractivity contribution in [2.45, 2.75) is 18.2 Å². The molecule has 7 heteroatoms. The SMILES string of the molecule is O=C(CSc1nnc(-c2ccc(F)cc2)o1)N(CCc1ccccc1)Cc1ccccc1. The molecular formula is C25H22FN3O2S. The number of hydrogen-bond donors (Lipinski definition) is 0. The van der Waals surface area contributed by atoms with Gasteiger partial charge in [-0.15, -0.1) is 10.2 Å². The van der Waals surface area contributed by atoms with E-state index >= 15 is 0 Å². The van der Waals surface area contributed by atoms with Gasteiger partial charge in [-0.3, -0.25) is 4.79 Å². The minimum Gasteiger partial charge on any atom is -0.411 e. The van der Waals surface area contributed by atoms with Crippen molar-refractivity contribution in [1.82, 2.24) is 15.1 Å². The van der Waals surface area contributed by atoms with Crippen LogP contribution in [0.15, 0.2) is 94.6 Å². The van der Waals surface area contributed by atoms with E-state index in [1.165, 1.54) is 29.5 Å². The van der Waals surface area contributed by atoms with Crippen LogP contribution in [0, 0.1) is 5.82 Å². The van der Waals surface area contributed by atoms with Crippen molar-refractivity contribution in [1.29, 1.82) is 0 Å². The Kier molecular flexibility index (Phi) is 7.30. The summed E-state index contributed by atoms with van der Waals surface area (Å²) in [5.41, 5.74) is 2.90. The van der Waals surface area contributed by atoms with Gasteiger partial charge in [-0.05, 0) is 41.8 Å². The van der Waals surface area contributed by atoms with Crippen LogP contribution in [0.3, 0.4) is 0 Å². The number of amides is 1. The van der Waals surface area contributed by atoms with Gasteiger partial charge < -0.3 is 9.32 Å². The molecule has 0 radical (unpaired) electrons. The van der Waals surface area contributed by atoms with Crippen LogP contribution >= 0.6 is 11.8 Å². The molecule has 1 heterocycles. The minimum absolute atomic E-state index is 0.00341. The van der Waals surface area contributed by atoms with E-state index in [0.29, 0.717) is 29.8 Å². The summed E-state index contributed by atoms with van der Waals surface area (Å²) in [6.07, 6.45) is 0.777. The number of carbonyl (C=O) groups excluding carboxylic acids is 1. The fraction of sp³-hybridized carbons (Fsp3) is 0.160. The molecule has 0 fully saturated rings. The summed E-state index contributed by atoms with van der Waals surface area (Å²) < 4.78 is 18.7. The molecule has 4 aromatic rings. The van der Waals surface area contributed by atoms with Crippen LogP contribution in [-0.4, -0.2) is 33.3 Å². The lowest BCUT2D eigenvalue weighted by molar-refractivity contribution is -0.128. The van der Waals surface area contributed by atoms with Crippen LogP contribution < -0.4 is 0 Å². The van der Waals surface area contributed by atoms with Crippen LogP contribution in [0.4, 0.5) is 4.39 Å². The number of nitrogens with zero attached hydrogens (tertiary/aromatic N) is 3. The highest BCUT2D eigenvalue weighted by atomic mass is 32.2. The summed E-state index contributed by atoms with van der Waals surface area (Å²) in [5, 5.41) is 8.31. The average Bonchev–Trinajstić information content (AvgIpc) is 3.31. The second-order valence-electron chi connectivity index (χ2n) is 7.21. The molecule has 32 heavy (non-hydrogen) atoms. The van der Waals surface area contributed by atoms with Crippen LogP contribution in [-0.2, 0) is 17.8 Å². The molecule has 3 aromatic carbocycles. The highest BCUT2D eigenvalue weighted by Gasteiger charge is 2.17. The normalized spacial score (nSPS) is 10.8. The van der Waals surface area contributed by atoms with Crippen molar-refractivity contribution >= 4 is 17.7 Å². The number of halogens is 1. The number of aromatic nitrogens is 2. The first-order chi connectivity index (χ1) is 15.7. The molecule has 0 aliphatic rings. The van der Waals surface area contributed by atoms with E-state index in [-0.39, 0.29) is 17.5 Å². The van der Waals surface area contributed by atoms with Gasteiger partial charge in [0.1, 0.15) is 5.82 Å². The largest absolute Gasteiger partial charge is 0.411 e. The molecule has 0 aliphatic heterocycles. The van der Waals surface area contributed by atoms with Gasteiger partial charge in [-0.25, -0.2) is 4.39 Å². The Labute approximate surface area is 190 Å². The molecule has 0 saturated carbocycles. The highest BCUT2D eigenvalue weighted by Crippen LogP contribution is 2.24. The highest BCUT2D eigenvalue weighted by molar-refractivity contribution is 7.99. The van der Waals surface area contributed by atoms with E-state index in [4.69, 9.17) is 4.42 Å². The van der Waals surface area contributed by atoms with E-state index in [2.05, 4.69) is 22.3 Å². The molecule has 1 aromatic heterocycles. The Hall–Kier alpha value is -3.45. The third-order valence-corrected chi connectivity index (χ3v) is 5.70. The zero-order chi connectivity index (χ0) is 22.2. The molecule has 0 spiro atoms. The van der Waals surface area contributed by atoms with Crippen LogP contribution in [0.25, 0.3) is 11.5 Å². The van der Waals surface area contributed by atoms with E-state index in [1.807, 2.05) is 53.4 Å². The second-order valence-corrected chi connectivity index (χ2v) is 8.13. The predicted octanol–water partition coefficient (Wildman–Crippen LogP) is 5.24. The van der Waals surface area contributed by atoms with Gasteiger partial charge in [0.15, 0.2) is 0 Å². The second kappa shape index (κ2) is 10.7. The fourth-order valence-corrected chi connectivity index (χ4v) is 3.86. The molecule has 1 amide bonds. The molecule has 5 nitrogen and oxygen atoms in total. The summed E-state index contributed by atoms with van der Waals surface area (Å²) in [7, 11) is 0. The smallest absolute Gasteiger partial charge is 0.277 e. The van der Waals surface area contributed by atoms with Crippen molar-refractivity contribution < 1.29 is 13.6 Å². The Bertz CT molecular complexity index is 1130. The van der Waals surface area contributed by atoms with Crippen LogP contribution in [0.1, 0.15) is 11.1 Å². The lowest BCUT2D eigenvalue weighted by atomic mass is 10.1. The molecule has 0 atom stereocenters. The Morgan fingerprint density at radius 2 is 1.53 bits per heavy atom. The first kappa shape index (κ1) is 21.8. The van der Waals surface area contributed by atoms with Gasteiger partial charge in [0, 0.05) is 18.7 Å². The van der Waals surface area contributed by atoms with Gasteiger partial charge in [0.25, 0.3) is 5.22 Å². The van der Waals surface area contributed by atoms with E-state index in [0.717, 1.165) is 12.0 Å². The van der Waals surface area contributed by atoms with Gasteiger partial charge >= 0.3 is 0 Å². The number of hydrogen-bond acceptors (Lipinski definition) is 5. The lowest BCUT2D eigenvalue weighted by Gasteiger charge is -2.22. The summed E-state index contributed by atoms with van der Waals surface area (Å²) in [6.45, 7) is 1.15. The third-order valence-electron chi connectivity index (χ3n) is 4.90. The minimum atomic E-state index is -0.331. The number of benzene rings is 3. The Balaban J connectivity index is 1.39. The average molecular weight is 448 g/mol. The Morgan fingerprint density at radius 1 is 0.875 bits per heavy atom. The van der Waals surface area contributed by atoms with Gasteiger partial charge in [-0.2, -0.15) is 0 Å². The predicted molar refractivity (Wildman–Crippen MR) is 122 cm³/mol. The van der Waals surface area contributed by atoms with Gasteiger partial charge in [0.2, 0.25) is 11.8 Å². The van der Waals surface area contributed by atoms with Crippen molar-refractivity contribution in [3.63, 3.8) is 0 Å². The topological polar surface area (TPSA) is 59.2 Å². The van der Waals surface area contributed by atoms with Crippen LogP contribution in [0.2, 0.25) is 0 Å². The first-order valence-electron chi connectivity index (χ1n) is 10.3. The zero-order valence-electron chi connectivity index (χ0n) is 17.4. The molecular weight excluding hydrogens is 425 g/mol. The first-order valence-corrected chi connectivity index (χ1v) is 11.2. The standard InChI is InChI=1S/C25H22FN3O2S/c26-22-13-11-21(12-14-22)24-27-28-25(31-24)32-18-23(30)29(17-20-9-5-2-6-10-20)16-15-19-7-3-1-4-8-19/h1-14H,15-18H2. The third kappa shape index (κ3) is 6.04. The maximum absolute atomic E-state index is 13.1. The number of thioether (sulfide) groups is 1. The molecule has 0 unspecified atom stereocenters. The molecule has 4 rings (SSSR count). The quantitative estimate of drug-likeness (QED) is 0.329. The summed E-state index contributed by atoms with van der Waals surface area (Å²) in [6, 6.07) is 25.9. The molecule has 162 valence electrons. The van der Waals surface area contributed by atoms with E-state index in [1.54, 1.807) is 12.1 Å². The summed E-state index contributed by atoms with van der Waals surface area (Å²) in [4.78, 5) is 14.9. The zero-order valence-corrected chi connectivity index (χ0v) is 18.2. The molecule has 0 N–H and O–H groups in total. The van der Waals surface area contributed by atoms with Crippen molar-refractivity contribution in [2.75, 3.05) is 12.3 Å². The van der Waals surface area contributed by atoms with Crippen molar-refractivity contribution in [3.05, 3.63) is 102 Å². The van der Waals surface area contributed by atoms with E-state index in [9.17, 15) is 9.18 Å². The lowest BCUT2D eigenvalue weighted by Crippen LogP contribution is -2.33. The molecule has 0 bridgehead atoms. The Morgan fingerprint density at radius 3 is 2.22 bits per heavy atom. The summed E-state index contributed by atoms with van der Waals surface area (Å²) in [5.74, 6) is 0.149. The van der Waals surface area contributed by atoms with Gasteiger partial charge in [0.05, 0.1) is 5.75 Å². The maximum Gasteiger partial charge on any atom is 0.277 e. The summed E-state index contributed by atoms with van der Waals surface area (Å²) >= 11 is 1.20. The van der Waals surface area contributed by atoms with Crippen LogP contribution in [0.5, 0.6) is 0 Å². The molecule has 0 aliphatic carbocycles.